The molecule has 0 unspecified atom stereocenters. The maximum Gasteiger partial charge on any atom is 0.433 e. The molecule has 17 heteroatoms. The van der Waals surface area contributed by atoms with Crippen LogP contribution in [0.5, 0.6) is 0 Å². The Morgan fingerprint density at radius 1 is 1.05 bits per heavy atom. The van der Waals surface area contributed by atoms with Gasteiger partial charge in [-0.25, -0.2) is 28.4 Å². The fourth-order valence-electron chi connectivity index (χ4n) is 3.56. The average molecular weight is 572 g/mol. The zero-order chi connectivity index (χ0) is 28.9. The quantitative estimate of drug-likeness (QED) is 0.241. The van der Waals surface area contributed by atoms with Crippen LogP contribution in [0, 0.1) is 0 Å². The highest BCUT2D eigenvalue weighted by Crippen LogP contribution is 2.35. The Bertz CT molecular complexity index is 1740. The van der Waals surface area contributed by atoms with Gasteiger partial charge in [-0.05, 0) is 19.1 Å². The van der Waals surface area contributed by atoms with Gasteiger partial charge in [0.25, 0.3) is 5.95 Å². The van der Waals surface area contributed by atoms with Gasteiger partial charge in [0.05, 0.1) is 39.8 Å². The first-order valence-electron chi connectivity index (χ1n) is 10.9. The van der Waals surface area contributed by atoms with E-state index in [0.717, 1.165) is 30.1 Å². The van der Waals surface area contributed by atoms with Crippen LogP contribution >= 0.6 is 0 Å². The summed E-state index contributed by atoms with van der Waals surface area (Å²) in [6.45, 7) is 5.44. The van der Waals surface area contributed by atoms with Crippen LogP contribution in [0.15, 0.2) is 45.7 Å². The molecule has 0 spiro atoms. The Balaban J connectivity index is 1.91. The molecule has 0 aliphatic carbocycles. The van der Waals surface area contributed by atoms with E-state index >= 15 is 0 Å². The van der Waals surface area contributed by atoms with Crippen molar-refractivity contribution >= 4 is 39.2 Å². The zero-order valence-electron chi connectivity index (χ0n) is 20.4. The molecule has 0 N–H and O–H groups in total. The lowest BCUT2D eigenvalue weighted by atomic mass is 10.2. The van der Waals surface area contributed by atoms with Crippen LogP contribution in [0.3, 0.4) is 0 Å². The summed E-state index contributed by atoms with van der Waals surface area (Å²) in [6, 6.07) is 1.93. The molecule has 0 aliphatic heterocycles. The molecule has 0 fully saturated rings. The Labute approximate surface area is 216 Å². The van der Waals surface area contributed by atoms with E-state index in [1.54, 1.807) is 0 Å². The normalized spacial score (nSPS) is 13.3. The number of halogens is 6. The number of aryl methyl sites for hydroxylation is 1. The molecular weight excluding hydrogens is 554 g/mol. The highest BCUT2D eigenvalue weighted by atomic mass is 32.2. The molecule has 0 saturated heterocycles. The summed E-state index contributed by atoms with van der Waals surface area (Å²) in [5.74, 6) is -0.873. The maximum atomic E-state index is 13.1. The van der Waals surface area contributed by atoms with Crippen LogP contribution in [-0.4, -0.2) is 62.0 Å². The number of aromatic nitrogens is 6. The number of sulfone groups is 1. The Morgan fingerprint density at radius 3 is 2.33 bits per heavy atom. The molecule has 4 rings (SSSR count). The molecule has 0 atom stereocenters. The Kier molecular flexibility index (Phi) is 6.82. The third-order valence-electron chi connectivity index (χ3n) is 5.67. The number of rotatable bonds is 6. The van der Waals surface area contributed by atoms with Crippen molar-refractivity contribution in [1.29, 1.82) is 0 Å². The van der Waals surface area contributed by atoms with Gasteiger partial charge in [0.1, 0.15) is 17.1 Å². The summed E-state index contributed by atoms with van der Waals surface area (Å²) in [7, 11) is -2.55. The van der Waals surface area contributed by atoms with Gasteiger partial charge in [-0.3, -0.25) is 4.98 Å². The Hall–Kier alpha value is -4.15. The number of pyridine rings is 2. The van der Waals surface area contributed by atoms with Crippen molar-refractivity contribution in [3.05, 3.63) is 36.4 Å². The molecule has 0 saturated carbocycles. The van der Waals surface area contributed by atoms with E-state index in [-0.39, 0.29) is 44.5 Å². The smallest absolute Gasteiger partial charge is 0.324 e. The lowest BCUT2D eigenvalue weighted by Gasteiger charge is -2.11. The number of hydrogen-bond donors (Lipinski definition) is 0. The molecule has 4 aromatic rings. The second-order valence-electron chi connectivity index (χ2n) is 8.12. The van der Waals surface area contributed by atoms with Crippen LogP contribution in [0.1, 0.15) is 19.5 Å². The van der Waals surface area contributed by atoms with E-state index in [1.165, 1.54) is 30.8 Å². The van der Waals surface area contributed by atoms with Gasteiger partial charge >= 0.3 is 12.4 Å². The average Bonchev–Trinajstić information content (AvgIpc) is 3.42. The number of nitrogens with zero attached hydrogens (tertiary/aromatic N) is 8. The molecule has 39 heavy (non-hydrogen) atoms. The zero-order valence-corrected chi connectivity index (χ0v) is 21.2. The summed E-state index contributed by atoms with van der Waals surface area (Å²) in [5, 5.41) is 3.64. The van der Waals surface area contributed by atoms with Crippen molar-refractivity contribution < 1.29 is 34.8 Å². The molecule has 0 bridgehead atoms. The van der Waals surface area contributed by atoms with Gasteiger partial charge in [-0.15, -0.1) is 0 Å². The summed E-state index contributed by atoms with van der Waals surface area (Å²) >= 11 is 0. The maximum absolute atomic E-state index is 13.1. The fourth-order valence-corrected chi connectivity index (χ4v) is 4.62. The van der Waals surface area contributed by atoms with E-state index < -0.39 is 39.5 Å². The monoisotopic (exact) mass is 572 g/mol. The summed E-state index contributed by atoms with van der Waals surface area (Å²) in [4.78, 5) is 18.8. The molecule has 4 aromatic heterocycles. The minimum absolute atomic E-state index is 0.0364. The van der Waals surface area contributed by atoms with Crippen molar-refractivity contribution in [2.24, 2.45) is 17.1 Å². The van der Waals surface area contributed by atoms with Gasteiger partial charge < -0.3 is 4.57 Å². The van der Waals surface area contributed by atoms with Crippen LogP contribution in [0.4, 0.5) is 32.3 Å². The van der Waals surface area contributed by atoms with Crippen LogP contribution < -0.4 is 0 Å². The summed E-state index contributed by atoms with van der Waals surface area (Å²) in [5.41, 5.74) is -2.29. The molecule has 0 radical (unpaired) electrons. The third-order valence-corrected chi connectivity index (χ3v) is 7.41. The Morgan fingerprint density at radius 2 is 1.74 bits per heavy atom. The SMILES string of the molecule is C=Nn1c(-c2cnc(-c3nc4cc(C(F)(F)F)ncc4n3C)c(S(=O)(=O)CC)c2)cnc1/N=C(\C)C(F)(F)F. The number of hydrogen-bond acceptors (Lipinski definition) is 8. The van der Waals surface area contributed by atoms with Crippen molar-refractivity contribution in [1.82, 2.24) is 29.2 Å². The summed E-state index contributed by atoms with van der Waals surface area (Å²) < 4.78 is 107. The number of aliphatic imine (C=N–C) groups is 1. The van der Waals surface area contributed by atoms with Crippen molar-refractivity contribution in [2.75, 3.05) is 5.75 Å². The van der Waals surface area contributed by atoms with Crippen LogP contribution in [-0.2, 0) is 23.1 Å². The largest absolute Gasteiger partial charge is 0.433 e. The van der Waals surface area contributed by atoms with Crippen molar-refractivity contribution in [3.63, 3.8) is 0 Å². The molecular formula is C22H18F6N8O2S. The minimum atomic E-state index is -4.72. The van der Waals surface area contributed by atoms with Crippen LogP contribution in [0.2, 0.25) is 0 Å². The predicted molar refractivity (Wildman–Crippen MR) is 129 cm³/mol. The lowest BCUT2D eigenvalue weighted by molar-refractivity contribution is -0.141. The number of imidazole rings is 2. The number of fused-ring (bicyclic) bond motifs is 1. The first-order chi connectivity index (χ1) is 18.1. The van der Waals surface area contributed by atoms with E-state index in [9.17, 15) is 34.8 Å². The molecule has 0 amide bonds. The van der Waals surface area contributed by atoms with Crippen LogP contribution in [0.25, 0.3) is 33.8 Å². The van der Waals surface area contributed by atoms with Crippen molar-refractivity contribution in [2.45, 2.75) is 31.1 Å². The van der Waals surface area contributed by atoms with E-state index in [2.05, 4.69) is 36.7 Å². The third kappa shape index (κ3) is 5.13. The summed E-state index contributed by atoms with van der Waals surface area (Å²) in [6.07, 6.45) is -6.14. The van der Waals surface area contributed by atoms with E-state index in [1.807, 2.05) is 0 Å². The highest BCUT2D eigenvalue weighted by molar-refractivity contribution is 7.91. The van der Waals surface area contributed by atoms with Gasteiger partial charge in [0, 0.05) is 25.5 Å². The second kappa shape index (κ2) is 9.55. The second-order valence-corrected chi connectivity index (χ2v) is 10.4. The first kappa shape index (κ1) is 27.9. The van der Waals surface area contributed by atoms with Gasteiger partial charge in [0.15, 0.2) is 15.7 Å². The fraction of sp³-hybridized carbons (Fsp3) is 0.273. The highest BCUT2D eigenvalue weighted by Gasteiger charge is 2.34. The van der Waals surface area contributed by atoms with E-state index in [0.29, 0.717) is 0 Å². The van der Waals surface area contributed by atoms with Gasteiger partial charge in [-0.1, -0.05) is 6.92 Å². The standard InChI is InChI=1S/C22H18F6N8O2S/c1-5-39(37,38)16-6-12(14-9-32-20(36(14)29-3)33-11(2)21(23,24)25)8-31-18(16)19-34-13-7-17(22(26,27)28)30-10-15(13)35(19)4/h6-10H,3,5H2,1-2,4H3/b33-11+. The predicted octanol–water partition coefficient (Wildman–Crippen LogP) is 4.82. The van der Waals surface area contributed by atoms with Gasteiger partial charge in [0.2, 0.25) is 0 Å². The molecule has 10 nitrogen and oxygen atoms in total. The molecule has 0 aliphatic rings. The lowest BCUT2D eigenvalue weighted by Crippen LogP contribution is -2.19. The number of alkyl halides is 6. The molecule has 4 heterocycles. The van der Waals surface area contributed by atoms with E-state index in [4.69, 9.17) is 0 Å². The molecule has 0 aromatic carbocycles. The van der Waals surface area contributed by atoms with Gasteiger partial charge in [-0.2, -0.15) is 36.1 Å². The molecule has 206 valence electrons. The minimum Gasteiger partial charge on any atom is -0.324 e. The van der Waals surface area contributed by atoms with Crippen molar-refractivity contribution in [3.8, 4) is 22.8 Å². The topological polar surface area (TPSA) is 120 Å². The first-order valence-corrected chi connectivity index (χ1v) is 12.5.